The predicted octanol–water partition coefficient (Wildman–Crippen LogP) is -2.70. The second-order valence-electron chi connectivity index (χ2n) is 4.49. The number of nitrogens with two attached hydrogens (primary N) is 1. The maximum atomic E-state index is 11.9. The zero-order valence-corrected chi connectivity index (χ0v) is 10.8. The molecule has 112 valence electrons. The molecule has 0 aromatic carbocycles. The molecule has 1 aliphatic heterocycles. The van der Waals surface area contributed by atoms with Crippen molar-refractivity contribution in [1.29, 1.82) is 0 Å². The summed E-state index contributed by atoms with van der Waals surface area (Å²) >= 11 is 0. The number of hydrogen-bond donors (Lipinski definition) is 5. The molecule has 9 heteroatoms. The van der Waals surface area contributed by atoms with Gasteiger partial charge in [-0.1, -0.05) is 0 Å². The van der Waals surface area contributed by atoms with Gasteiger partial charge in [0.25, 0.3) is 0 Å². The van der Waals surface area contributed by atoms with Crippen molar-refractivity contribution in [3.63, 3.8) is 0 Å². The molecule has 2 atom stereocenters. The summed E-state index contributed by atoms with van der Waals surface area (Å²) in [6.07, 6.45) is 1.11. The van der Waals surface area contributed by atoms with Crippen molar-refractivity contribution in [3.05, 3.63) is 0 Å². The molecule has 0 aromatic heterocycles. The van der Waals surface area contributed by atoms with Crippen LogP contribution in [0.3, 0.4) is 0 Å². The molecular formula is C11H18N4O5. The second kappa shape index (κ2) is 7.43. The van der Waals surface area contributed by atoms with E-state index >= 15 is 0 Å². The third-order valence-corrected chi connectivity index (χ3v) is 2.83. The lowest BCUT2D eigenvalue weighted by Crippen LogP contribution is -2.53. The molecule has 0 bridgehead atoms. The summed E-state index contributed by atoms with van der Waals surface area (Å²) in [4.78, 5) is 44.9. The van der Waals surface area contributed by atoms with Crippen LogP contribution in [0.15, 0.2) is 0 Å². The Morgan fingerprint density at radius 3 is 2.55 bits per heavy atom. The lowest BCUT2D eigenvalue weighted by molar-refractivity contribution is -0.138. The number of hydrogen-bond acceptors (Lipinski definition) is 5. The molecule has 20 heavy (non-hydrogen) atoms. The van der Waals surface area contributed by atoms with Crippen molar-refractivity contribution in [1.82, 2.24) is 16.0 Å². The van der Waals surface area contributed by atoms with E-state index in [1.54, 1.807) is 0 Å². The molecule has 1 rings (SSSR count). The van der Waals surface area contributed by atoms with Crippen molar-refractivity contribution in [2.24, 2.45) is 5.73 Å². The van der Waals surface area contributed by atoms with Gasteiger partial charge in [0.15, 0.2) is 0 Å². The maximum Gasteiger partial charge on any atom is 0.322 e. The molecule has 0 aliphatic carbocycles. The predicted molar refractivity (Wildman–Crippen MR) is 67.4 cm³/mol. The number of nitrogens with one attached hydrogen (secondary N) is 3. The summed E-state index contributed by atoms with van der Waals surface area (Å²) in [5.74, 6) is -3.14. The molecule has 6 N–H and O–H groups in total. The molecule has 1 fully saturated rings. The van der Waals surface area contributed by atoms with Crippen molar-refractivity contribution in [3.8, 4) is 0 Å². The van der Waals surface area contributed by atoms with Crippen LogP contribution in [0.5, 0.6) is 0 Å². The van der Waals surface area contributed by atoms with Gasteiger partial charge in [0, 0.05) is 0 Å². The Kier molecular flexibility index (Phi) is 5.91. The fourth-order valence-electron chi connectivity index (χ4n) is 1.88. The van der Waals surface area contributed by atoms with Gasteiger partial charge in [-0.05, 0) is 19.4 Å². The third-order valence-electron chi connectivity index (χ3n) is 2.83. The van der Waals surface area contributed by atoms with Gasteiger partial charge in [0.1, 0.15) is 12.6 Å². The first-order valence-corrected chi connectivity index (χ1v) is 6.21. The van der Waals surface area contributed by atoms with Gasteiger partial charge in [-0.15, -0.1) is 0 Å². The Morgan fingerprint density at radius 2 is 2.05 bits per heavy atom. The van der Waals surface area contributed by atoms with E-state index in [1.165, 1.54) is 0 Å². The number of aliphatic carboxylic acids is 1. The van der Waals surface area contributed by atoms with Gasteiger partial charge in [-0.3, -0.25) is 19.2 Å². The zero-order chi connectivity index (χ0) is 15.1. The van der Waals surface area contributed by atoms with Crippen LogP contribution in [-0.2, 0) is 19.2 Å². The van der Waals surface area contributed by atoms with E-state index in [4.69, 9.17) is 10.8 Å². The standard InChI is InChI=1S/C11H18N4O5/c12-8(16)4-7(10(19)14-5-9(17)18)15-11(20)6-2-1-3-13-6/h6-7,13H,1-5H2,(H2,12,16)(H,14,19)(H,15,20)(H,17,18)/t6-,7-/m0/s1. The Bertz CT molecular complexity index is 406. The fourth-order valence-corrected chi connectivity index (χ4v) is 1.88. The molecule has 1 heterocycles. The van der Waals surface area contributed by atoms with Gasteiger partial charge >= 0.3 is 5.97 Å². The highest BCUT2D eigenvalue weighted by Crippen LogP contribution is 2.05. The number of carbonyl (C=O) groups excluding carboxylic acids is 3. The monoisotopic (exact) mass is 286 g/mol. The lowest BCUT2D eigenvalue weighted by Gasteiger charge is -2.19. The summed E-state index contributed by atoms with van der Waals surface area (Å²) in [6, 6.07) is -1.57. The van der Waals surface area contributed by atoms with Gasteiger partial charge in [0.2, 0.25) is 17.7 Å². The highest BCUT2D eigenvalue weighted by atomic mass is 16.4. The van der Waals surface area contributed by atoms with Crippen LogP contribution in [0.4, 0.5) is 0 Å². The van der Waals surface area contributed by atoms with Crippen molar-refractivity contribution in [2.45, 2.75) is 31.3 Å². The number of primary amides is 1. The smallest absolute Gasteiger partial charge is 0.322 e. The van der Waals surface area contributed by atoms with E-state index in [0.29, 0.717) is 13.0 Å². The molecule has 9 nitrogen and oxygen atoms in total. The minimum absolute atomic E-state index is 0.385. The van der Waals surface area contributed by atoms with Crippen LogP contribution < -0.4 is 21.7 Å². The SMILES string of the molecule is NC(=O)C[C@H](NC(=O)[C@@H]1CCCN1)C(=O)NCC(=O)O. The van der Waals surface area contributed by atoms with Gasteiger partial charge in [-0.2, -0.15) is 0 Å². The number of amides is 3. The maximum absolute atomic E-state index is 11.9. The molecule has 0 aromatic rings. The molecule has 0 saturated carbocycles. The van der Waals surface area contributed by atoms with Gasteiger partial charge < -0.3 is 26.8 Å². The molecule has 3 amide bonds. The van der Waals surface area contributed by atoms with Crippen molar-refractivity contribution >= 4 is 23.7 Å². The Labute approximate surface area is 115 Å². The van der Waals surface area contributed by atoms with E-state index in [-0.39, 0.29) is 6.42 Å². The van der Waals surface area contributed by atoms with E-state index < -0.39 is 42.3 Å². The molecule has 0 unspecified atom stereocenters. The van der Waals surface area contributed by atoms with Crippen LogP contribution in [0.25, 0.3) is 0 Å². The first kappa shape index (κ1) is 15.9. The van der Waals surface area contributed by atoms with Gasteiger partial charge in [0.05, 0.1) is 12.5 Å². The fraction of sp³-hybridized carbons (Fsp3) is 0.636. The summed E-state index contributed by atoms with van der Waals surface area (Å²) < 4.78 is 0. The number of rotatable bonds is 7. The summed E-state index contributed by atoms with van der Waals surface area (Å²) in [7, 11) is 0. The van der Waals surface area contributed by atoms with Crippen LogP contribution in [0.1, 0.15) is 19.3 Å². The first-order chi connectivity index (χ1) is 9.40. The van der Waals surface area contributed by atoms with Crippen LogP contribution >= 0.6 is 0 Å². The first-order valence-electron chi connectivity index (χ1n) is 6.21. The average Bonchev–Trinajstić information content (AvgIpc) is 2.88. The number of carbonyl (C=O) groups is 4. The molecule has 0 radical (unpaired) electrons. The summed E-state index contributed by atoms with van der Waals surface area (Å²) in [5, 5.41) is 15.9. The van der Waals surface area contributed by atoms with Crippen LogP contribution in [-0.4, -0.2) is 54.0 Å². The Balaban J connectivity index is 2.58. The quantitative estimate of drug-likeness (QED) is 0.343. The molecule has 1 saturated heterocycles. The van der Waals surface area contributed by atoms with E-state index in [0.717, 1.165) is 6.42 Å². The highest BCUT2D eigenvalue weighted by molar-refractivity contribution is 5.94. The topological polar surface area (TPSA) is 151 Å². The van der Waals surface area contributed by atoms with E-state index in [2.05, 4.69) is 16.0 Å². The zero-order valence-electron chi connectivity index (χ0n) is 10.8. The lowest BCUT2D eigenvalue weighted by atomic mass is 10.1. The number of carboxylic acids is 1. The summed E-state index contributed by atoms with van der Waals surface area (Å²) in [6.45, 7) is 0.120. The Hall–Kier alpha value is -2.16. The molecule has 0 spiro atoms. The Morgan fingerprint density at radius 1 is 1.35 bits per heavy atom. The average molecular weight is 286 g/mol. The van der Waals surface area contributed by atoms with Crippen molar-refractivity contribution in [2.75, 3.05) is 13.1 Å². The van der Waals surface area contributed by atoms with Crippen LogP contribution in [0, 0.1) is 0 Å². The minimum Gasteiger partial charge on any atom is -0.480 e. The van der Waals surface area contributed by atoms with Crippen LogP contribution in [0.2, 0.25) is 0 Å². The molecule has 1 aliphatic rings. The van der Waals surface area contributed by atoms with E-state index in [1.807, 2.05) is 0 Å². The summed E-state index contributed by atoms with van der Waals surface area (Å²) in [5.41, 5.74) is 5.01. The highest BCUT2D eigenvalue weighted by Gasteiger charge is 2.28. The molecular weight excluding hydrogens is 268 g/mol. The van der Waals surface area contributed by atoms with Gasteiger partial charge in [-0.25, -0.2) is 0 Å². The largest absolute Gasteiger partial charge is 0.480 e. The minimum atomic E-state index is -1.22. The van der Waals surface area contributed by atoms with Crippen molar-refractivity contribution < 1.29 is 24.3 Å². The normalized spacial score (nSPS) is 19.1. The van der Waals surface area contributed by atoms with E-state index in [9.17, 15) is 19.2 Å². The second-order valence-corrected chi connectivity index (χ2v) is 4.49. The number of carboxylic acid groups (broad SMARTS) is 1. The third kappa shape index (κ3) is 5.22.